The zero-order valence-corrected chi connectivity index (χ0v) is 16.0. The van der Waals surface area contributed by atoms with E-state index in [1.54, 1.807) is 43.5 Å². The highest BCUT2D eigenvalue weighted by atomic mass is 79.9. The quantitative estimate of drug-likeness (QED) is 0.449. The number of nitrogens with one attached hydrogen (secondary N) is 1. The lowest BCUT2D eigenvalue weighted by atomic mass is 10.2. The van der Waals surface area contributed by atoms with Gasteiger partial charge in [-0.2, -0.15) is 5.26 Å². The molecule has 2 aromatic carbocycles. The van der Waals surface area contributed by atoms with Crippen LogP contribution in [0.5, 0.6) is 5.75 Å². The molecule has 6 heteroatoms. The number of carbonyl (C=O) groups is 1. The number of benzene rings is 2. The van der Waals surface area contributed by atoms with Crippen molar-refractivity contribution in [3.8, 4) is 23.1 Å². The molecule has 0 saturated heterocycles. The number of hydrogen-bond donors (Lipinski definition) is 1. The lowest BCUT2D eigenvalue weighted by Gasteiger charge is -2.05. The number of rotatable bonds is 5. The first-order valence-corrected chi connectivity index (χ1v) is 8.81. The number of amides is 1. The molecule has 1 amide bonds. The number of hydrogen-bond acceptors (Lipinski definition) is 4. The van der Waals surface area contributed by atoms with Gasteiger partial charge in [0.25, 0.3) is 5.91 Å². The molecule has 0 radical (unpaired) electrons. The van der Waals surface area contributed by atoms with Gasteiger partial charge in [0.1, 0.15) is 28.9 Å². The highest BCUT2D eigenvalue weighted by Crippen LogP contribution is 2.25. The Labute approximate surface area is 165 Å². The molecule has 0 aliphatic carbocycles. The number of nitriles is 1. The van der Waals surface area contributed by atoms with Crippen molar-refractivity contribution >= 4 is 33.6 Å². The number of furan rings is 1. The Morgan fingerprint density at radius 1 is 1.11 bits per heavy atom. The summed E-state index contributed by atoms with van der Waals surface area (Å²) < 4.78 is 11.8. The topological polar surface area (TPSA) is 75.3 Å². The van der Waals surface area contributed by atoms with E-state index < -0.39 is 5.91 Å². The van der Waals surface area contributed by atoms with E-state index in [9.17, 15) is 10.1 Å². The van der Waals surface area contributed by atoms with Crippen LogP contribution in [-0.2, 0) is 4.79 Å². The molecule has 0 aliphatic rings. The molecule has 27 heavy (non-hydrogen) atoms. The number of methoxy groups -OCH3 is 1. The molecule has 5 nitrogen and oxygen atoms in total. The van der Waals surface area contributed by atoms with E-state index in [4.69, 9.17) is 9.15 Å². The van der Waals surface area contributed by atoms with Crippen LogP contribution in [0.3, 0.4) is 0 Å². The average Bonchev–Trinajstić information content (AvgIpc) is 3.16. The van der Waals surface area contributed by atoms with E-state index in [1.165, 1.54) is 6.08 Å². The third kappa shape index (κ3) is 4.66. The normalized spacial score (nSPS) is 10.9. The minimum atomic E-state index is -0.510. The van der Waals surface area contributed by atoms with Crippen LogP contribution in [0.4, 0.5) is 5.69 Å². The van der Waals surface area contributed by atoms with Crippen LogP contribution in [0.2, 0.25) is 0 Å². The standard InChI is InChI=1S/C21H15BrN2O3/c1-26-18-8-6-17(7-9-18)24-21(25)15(13-23)12-19-10-11-20(27-19)14-2-4-16(22)5-3-14/h2-12H,1H3,(H,24,25)/b15-12-. The molecule has 3 aromatic rings. The largest absolute Gasteiger partial charge is 0.497 e. The number of halogens is 1. The van der Waals surface area contributed by atoms with Crippen molar-refractivity contribution in [3.05, 3.63) is 76.5 Å². The highest BCUT2D eigenvalue weighted by molar-refractivity contribution is 9.10. The molecule has 3 rings (SSSR count). The van der Waals surface area contributed by atoms with Crippen LogP contribution >= 0.6 is 15.9 Å². The second kappa shape index (κ2) is 8.39. The molecule has 0 saturated carbocycles. The van der Waals surface area contributed by atoms with Crippen LogP contribution in [-0.4, -0.2) is 13.0 Å². The van der Waals surface area contributed by atoms with Crippen molar-refractivity contribution in [1.82, 2.24) is 0 Å². The van der Waals surface area contributed by atoms with E-state index in [0.29, 0.717) is 23.0 Å². The van der Waals surface area contributed by atoms with Crippen molar-refractivity contribution < 1.29 is 13.9 Å². The van der Waals surface area contributed by atoms with Gasteiger partial charge in [0.2, 0.25) is 0 Å². The fourth-order valence-corrected chi connectivity index (χ4v) is 2.63. The molecule has 0 atom stereocenters. The van der Waals surface area contributed by atoms with Crippen LogP contribution < -0.4 is 10.1 Å². The van der Waals surface area contributed by atoms with Crippen LogP contribution in [0.1, 0.15) is 5.76 Å². The van der Waals surface area contributed by atoms with Gasteiger partial charge in [0.15, 0.2) is 0 Å². The monoisotopic (exact) mass is 422 g/mol. The summed E-state index contributed by atoms with van der Waals surface area (Å²) in [6.07, 6.45) is 1.42. The minimum Gasteiger partial charge on any atom is -0.497 e. The summed E-state index contributed by atoms with van der Waals surface area (Å²) >= 11 is 3.39. The van der Waals surface area contributed by atoms with E-state index in [1.807, 2.05) is 30.3 Å². The van der Waals surface area contributed by atoms with Crippen molar-refractivity contribution in [1.29, 1.82) is 5.26 Å². The SMILES string of the molecule is COc1ccc(NC(=O)/C(C#N)=C\c2ccc(-c3ccc(Br)cc3)o2)cc1. The molecule has 134 valence electrons. The summed E-state index contributed by atoms with van der Waals surface area (Å²) in [6.45, 7) is 0. The summed E-state index contributed by atoms with van der Waals surface area (Å²) in [5, 5.41) is 12.0. The molecular formula is C21H15BrN2O3. The van der Waals surface area contributed by atoms with Gasteiger partial charge in [-0.05, 0) is 48.5 Å². The predicted octanol–water partition coefficient (Wildman–Crippen LogP) is 5.26. The molecule has 0 bridgehead atoms. The third-order valence-electron chi connectivity index (χ3n) is 3.76. The van der Waals surface area contributed by atoms with Gasteiger partial charge >= 0.3 is 0 Å². The lowest BCUT2D eigenvalue weighted by molar-refractivity contribution is -0.112. The first kappa shape index (κ1) is 18.5. The van der Waals surface area contributed by atoms with Crippen molar-refractivity contribution in [3.63, 3.8) is 0 Å². The Balaban J connectivity index is 1.76. The summed E-state index contributed by atoms with van der Waals surface area (Å²) in [6, 6.07) is 19.9. The van der Waals surface area contributed by atoms with Gasteiger partial charge in [-0.15, -0.1) is 0 Å². The van der Waals surface area contributed by atoms with Gasteiger partial charge < -0.3 is 14.5 Å². The van der Waals surface area contributed by atoms with E-state index >= 15 is 0 Å². The first-order valence-electron chi connectivity index (χ1n) is 8.02. The summed E-state index contributed by atoms with van der Waals surface area (Å²) in [5.74, 6) is 1.25. The number of nitrogens with zero attached hydrogens (tertiary/aromatic N) is 1. The Morgan fingerprint density at radius 3 is 2.44 bits per heavy atom. The van der Waals surface area contributed by atoms with Gasteiger partial charge in [-0.1, -0.05) is 28.1 Å². The lowest BCUT2D eigenvalue weighted by Crippen LogP contribution is -2.13. The maximum absolute atomic E-state index is 12.3. The molecule has 1 N–H and O–H groups in total. The molecule has 0 aliphatic heterocycles. The molecule has 1 heterocycles. The fraction of sp³-hybridized carbons (Fsp3) is 0.0476. The second-order valence-corrected chi connectivity index (χ2v) is 6.48. The fourth-order valence-electron chi connectivity index (χ4n) is 2.36. The average molecular weight is 423 g/mol. The van der Waals surface area contributed by atoms with Crippen LogP contribution in [0.15, 0.2) is 75.1 Å². The molecule has 0 spiro atoms. The Bertz CT molecular complexity index is 1010. The Hall–Kier alpha value is -3.30. The number of carbonyl (C=O) groups excluding carboxylic acids is 1. The van der Waals surface area contributed by atoms with Gasteiger partial charge in [-0.25, -0.2) is 0 Å². The summed E-state index contributed by atoms with van der Waals surface area (Å²) in [7, 11) is 1.57. The van der Waals surface area contributed by atoms with E-state index in [2.05, 4.69) is 21.2 Å². The smallest absolute Gasteiger partial charge is 0.266 e. The van der Waals surface area contributed by atoms with Crippen molar-refractivity contribution in [2.45, 2.75) is 0 Å². The minimum absolute atomic E-state index is 0.0532. The van der Waals surface area contributed by atoms with Crippen molar-refractivity contribution in [2.24, 2.45) is 0 Å². The molecule has 1 aromatic heterocycles. The van der Waals surface area contributed by atoms with Gasteiger partial charge in [0.05, 0.1) is 7.11 Å². The summed E-state index contributed by atoms with van der Waals surface area (Å²) in [4.78, 5) is 12.3. The zero-order valence-electron chi connectivity index (χ0n) is 14.4. The summed E-state index contributed by atoms with van der Waals surface area (Å²) in [5.41, 5.74) is 1.42. The molecule has 0 fully saturated rings. The maximum atomic E-state index is 12.3. The number of ether oxygens (including phenoxy) is 1. The van der Waals surface area contributed by atoms with Crippen LogP contribution in [0, 0.1) is 11.3 Å². The van der Waals surface area contributed by atoms with Crippen molar-refractivity contribution in [2.75, 3.05) is 12.4 Å². The second-order valence-electron chi connectivity index (χ2n) is 5.56. The predicted molar refractivity (Wildman–Crippen MR) is 107 cm³/mol. The Kier molecular flexibility index (Phi) is 5.74. The maximum Gasteiger partial charge on any atom is 0.266 e. The molecule has 0 unspecified atom stereocenters. The van der Waals surface area contributed by atoms with Gasteiger partial charge in [0, 0.05) is 21.8 Å². The van der Waals surface area contributed by atoms with E-state index in [-0.39, 0.29) is 5.57 Å². The van der Waals surface area contributed by atoms with Gasteiger partial charge in [-0.3, -0.25) is 4.79 Å². The third-order valence-corrected chi connectivity index (χ3v) is 4.28. The van der Waals surface area contributed by atoms with E-state index in [0.717, 1.165) is 10.0 Å². The first-order chi connectivity index (χ1) is 13.1. The van der Waals surface area contributed by atoms with Crippen LogP contribution in [0.25, 0.3) is 17.4 Å². The zero-order chi connectivity index (χ0) is 19.2. The molecular weight excluding hydrogens is 408 g/mol. The number of anilines is 1. The Morgan fingerprint density at radius 2 is 1.81 bits per heavy atom. The highest BCUT2D eigenvalue weighted by Gasteiger charge is 2.11.